The van der Waals surface area contributed by atoms with Gasteiger partial charge in [0.15, 0.2) is 11.6 Å². The Labute approximate surface area is 203 Å². The Kier molecular flexibility index (Phi) is 8.58. The molecule has 1 aliphatic heterocycles. The number of nitrogens with zero attached hydrogens (tertiary/aromatic N) is 3. The van der Waals surface area contributed by atoms with Gasteiger partial charge in [-0.2, -0.15) is 4.98 Å². The van der Waals surface area contributed by atoms with Crippen LogP contribution in [0.1, 0.15) is 7.43 Å². The van der Waals surface area contributed by atoms with E-state index in [1.54, 1.807) is 54.5 Å². The predicted molar refractivity (Wildman–Crippen MR) is 134 cm³/mol. The van der Waals surface area contributed by atoms with Crippen molar-refractivity contribution in [3.05, 3.63) is 67.1 Å². The number of anilines is 5. The molecule has 2 N–H and O–H groups in total. The molecule has 9 nitrogen and oxygen atoms in total. The second kappa shape index (κ2) is 11.8. The highest BCUT2D eigenvalue weighted by Crippen LogP contribution is 2.35. The molecule has 1 amide bonds. The fraction of sp³-hybridized carbons (Fsp3) is 0.240. The van der Waals surface area contributed by atoms with E-state index in [2.05, 4.69) is 27.2 Å². The average molecular weight is 482 g/mol. The third kappa shape index (κ3) is 6.24. The Bertz CT molecular complexity index is 1170. The first kappa shape index (κ1) is 25.4. The molecule has 0 saturated heterocycles. The van der Waals surface area contributed by atoms with E-state index < -0.39 is 5.82 Å². The quantitative estimate of drug-likeness (QED) is 0.336. The van der Waals surface area contributed by atoms with Crippen molar-refractivity contribution in [3.8, 4) is 11.5 Å². The number of aromatic nitrogens is 2. The number of benzene rings is 2. The van der Waals surface area contributed by atoms with Gasteiger partial charge in [0.2, 0.25) is 5.95 Å². The summed E-state index contributed by atoms with van der Waals surface area (Å²) in [5.41, 5.74) is 1.81. The Balaban J connectivity index is 0.00000342. The van der Waals surface area contributed by atoms with E-state index >= 15 is 0 Å². The van der Waals surface area contributed by atoms with Gasteiger partial charge in [-0.05, 0) is 48.5 Å². The molecule has 184 valence electrons. The largest absolute Gasteiger partial charge is 0.491 e. The van der Waals surface area contributed by atoms with Crippen molar-refractivity contribution in [1.82, 2.24) is 9.97 Å². The number of nitrogens with one attached hydrogen (secondary N) is 2. The highest BCUT2D eigenvalue weighted by molar-refractivity contribution is 6.02. The molecular formula is C25H28FN5O4. The maximum atomic E-state index is 14.4. The summed E-state index contributed by atoms with van der Waals surface area (Å²) in [6.07, 6.45) is 2.32. The molecule has 4 rings (SSSR count). The van der Waals surface area contributed by atoms with Crippen molar-refractivity contribution in [2.45, 2.75) is 7.43 Å². The van der Waals surface area contributed by atoms with E-state index in [1.165, 1.54) is 6.08 Å². The summed E-state index contributed by atoms with van der Waals surface area (Å²) in [7, 11) is 1.61. The number of carbonyl (C=O) groups excluding carboxylic acids is 1. The summed E-state index contributed by atoms with van der Waals surface area (Å²) in [6.45, 7) is 5.27. The van der Waals surface area contributed by atoms with Gasteiger partial charge < -0.3 is 29.7 Å². The number of ether oxygens (including phenoxy) is 3. The number of carbonyl (C=O) groups is 1. The average Bonchev–Trinajstić information content (AvgIpc) is 2.86. The van der Waals surface area contributed by atoms with Crippen molar-refractivity contribution in [2.24, 2.45) is 0 Å². The minimum atomic E-state index is -0.625. The van der Waals surface area contributed by atoms with Crippen LogP contribution in [0.25, 0.3) is 0 Å². The molecule has 0 spiro atoms. The number of amides is 1. The Morgan fingerprint density at radius 1 is 1.20 bits per heavy atom. The van der Waals surface area contributed by atoms with Crippen molar-refractivity contribution in [1.29, 1.82) is 0 Å². The van der Waals surface area contributed by atoms with Gasteiger partial charge in [-0.3, -0.25) is 4.79 Å². The molecule has 0 fully saturated rings. The maximum Gasteiger partial charge on any atom is 0.250 e. The van der Waals surface area contributed by atoms with Crippen LogP contribution in [0.15, 0.2) is 61.3 Å². The van der Waals surface area contributed by atoms with Gasteiger partial charge >= 0.3 is 0 Å². The molecule has 0 unspecified atom stereocenters. The van der Waals surface area contributed by atoms with Gasteiger partial charge in [-0.25, -0.2) is 9.37 Å². The van der Waals surface area contributed by atoms with Gasteiger partial charge in [0.05, 0.1) is 25.0 Å². The summed E-state index contributed by atoms with van der Waals surface area (Å²) < 4.78 is 30.6. The highest BCUT2D eigenvalue weighted by atomic mass is 19.1. The van der Waals surface area contributed by atoms with Crippen LogP contribution in [0.5, 0.6) is 11.5 Å². The molecule has 0 aliphatic carbocycles. The summed E-state index contributed by atoms with van der Waals surface area (Å²) in [4.78, 5) is 22.0. The summed E-state index contributed by atoms with van der Waals surface area (Å²) in [5.74, 6) is 0.589. The standard InChI is InChI=1S/C24H24FN5O4.CH4/c1-3-22(31)30-10-11-34-21-9-6-17(14-20(21)30)27-23-19(25)15-26-24(29-23)28-16-4-7-18(8-5-16)33-13-12-32-2;/h3-9,14-15H,1,10-13H2,2H3,(H2,26,27,28,29);1H4. The number of halogens is 1. The van der Waals surface area contributed by atoms with Gasteiger partial charge in [-0.15, -0.1) is 0 Å². The molecule has 0 bridgehead atoms. The Hall–Kier alpha value is -4.18. The third-order valence-electron chi connectivity index (χ3n) is 4.94. The number of hydrogen-bond donors (Lipinski definition) is 2. The molecule has 3 aromatic rings. The molecule has 0 radical (unpaired) electrons. The van der Waals surface area contributed by atoms with E-state index in [1.807, 2.05) is 0 Å². The Morgan fingerprint density at radius 3 is 2.71 bits per heavy atom. The van der Waals surface area contributed by atoms with Crippen LogP contribution in [0.3, 0.4) is 0 Å². The molecule has 1 aliphatic rings. The maximum absolute atomic E-state index is 14.4. The van der Waals surface area contributed by atoms with E-state index in [0.717, 1.165) is 6.20 Å². The van der Waals surface area contributed by atoms with Gasteiger partial charge in [0, 0.05) is 18.5 Å². The van der Waals surface area contributed by atoms with Crippen LogP contribution in [0, 0.1) is 5.82 Å². The van der Waals surface area contributed by atoms with Crippen molar-refractivity contribution in [3.63, 3.8) is 0 Å². The first-order valence-electron chi connectivity index (χ1n) is 10.6. The molecule has 0 saturated carbocycles. The smallest absolute Gasteiger partial charge is 0.250 e. The van der Waals surface area contributed by atoms with Gasteiger partial charge in [0.1, 0.15) is 24.7 Å². The molecule has 2 heterocycles. The normalized spacial score (nSPS) is 12.0. The number of hydrogen-bond acceptors (Lipinski definition) is 8. The lowest BCUT2D eigenvalue weighted by atomic mass is 10.2. The van der Waals surface area contributed by atoms with Crippen molar-refractivity contribution < 1.29 is 23.4 Å². The monoisotopic (exact) mass is 481 g/mol. The predicted octanol–water partition coefficient (Wildman–Crippen LogP) is 4.68. The lowest BCUT2D eigenvalue weighted by Crippen LogP contribution is -2.36. The minimum absolute atomic E-state index is 0. The molecule has 2 aromatic carbocycles. The van der Waals surface area contributed by atoms with Crippen molar-refractivity contribution in [2.75, 3.05) is 49.0 Å². The summed E-state index contributed by atoms with van der Waals surface area (Å²) in [5, 5.41) is 5.98. The van der Waals surface area contributed by atoms with E-state index in [4.69, 9.17) is 14.2 Å². The second-order valence-electron chi connectivity index (χ2n) is 7.23. The summed E-state index contributed by atoms with van der Waals surface area (Å²) >= 11 is 0. The molecule has 35 heavy (non-hydrogen) atoms. The van der Waals surface area contributed by atoms with Gasteiger partial charge in [0.25, 0.3) is 5.91 Å². The first-order chi connectivity index (χ1) is 16.6. The minimum Gasteiger partial charge on any atom is -0.491 e. The number of fused-ring (bicyclic) bond motifs is 1. The number of rotatable bonds is 9. The fourth-order valence-electron chi connectivity index (χ4n) is 3.29. The first-order valence-corrected chi connectivity index (χ1v) is 10.6. The highest BCUT2D eigenvalue weighted by Gasteiger charge is 2.22. The molecule has 1 aromatic heterocycles. The van der Waals surface area contributed by atoms with Crippen molar-refractivity contribution >= 4 is 34.7 Å². The van der Waals surface area contributed by atoms with Crippen LogP contribution >= 0.6 is 0 Å². The number of methoxy groups -OCH3 is 1. The van der Waals surface area contributed by atoms with Crippen LogP contribution in [0.4, 0.5) is 33.2 Å². The summed E-state index contributed by atoms with van der Waals surface area (Å²) in [6, 6.07) is 12.3. The molecule has 0 atom stereocenters. The zero-order valence-corrected chi connectivity index (χ0v) is 18.6. The fourth-order valence-corrected chi connectivity index (χ4v) is 3.29. The zero-order chi connectivity index (χ0) is 23.9. The Morgan fingerprint density at radius 2 is 1.97 bits per heavy atom. The van der Waals surface area contributed by atoms with Crippen LogP contribution < -0.4 is 25.0 Å². The zero-order valence-electron chi connectivity index (χ0n) is 18.6. The lowest BCUT2D eigenvalue weighted by molar-refractivity contribution is -0.114. The molecular weight excluding hydrogens is 453 g/mol. The van der Waals surface area contributed by atoms with E-state index in [9.17, 15) is 9.18 Å². The van der Waals surface area contributed by atoms with E-state index in [0.29, 0.717) is 54.9 Å². The topological polar surface area (TPSA) is 97.8 Å². The van der Waals surface area contributed by atoms with Crippen LogP contribution in [-0.2, 0) is 9.53 Å². The van der Waals surface area contributed by atoms with Gasteiger partial charge in [-0.1, -0.05) is 14.0 Å². The molecule has 10 heteroatoms. The van der Waals surface area contributed by atoms with E-state index in [-0.39, 0.29) is 25.1 Å². The SMILES string of the molecule is C.C=CC(=O)N1CCOc2ccc(Nc3nc(Nc4ccc(OCCOC)cc4)ncc3F)cc21. The second-order valence-corrected chi connectivity index (χ2v) is 7.23. The van der Waals surface area contributed by atoms with Crippen LogP contribution in [-0.4, -0.2) is 49.4 Å². The lowest BCUT2D eigenvalue weighted by Gasteiger charge is -2.29. The third-order valence-corrected chi connectivity index (χ3v) is 4.94. The van der Waals surface area contributed by atoms with Crippen LogP contribution in [0.2, 0.25) is 0 Å².